The first-order valence-corrected chi connectivity index (χ1v) is 9.42. The number of carbonyl (C=O) groups excluding carboxylic acids is 2. The molecule has 144 valence electrons. The van der Waals surface area contributed by atoms with Crippen LogP contribution in [-0.2, 0) is 14.3 Å². The SMILES string of the molecule is COC(=O)C1=C(C)N(c2cccc(Cl)c2)C(=O)/C1=C\c1ccc(C(C)C)cc1. The van der Waals surface area contributed by atoms with E-state index < -0.39 is 5.97 Å². The van der Waals surface area contributed by atoms with Crippen LogP contribution in [0.1, 0.15) is 37.8 Å². The molecule has 0 bridgehead atoms. The largest absolute Gasteiger partial charge is 0.465 e. The van der Waals surface area contributed by atoms with Gasteiger partial charge in [-0.3, -0.25) is 9.69 Å². The second-order valence-corrected chi connectivity index (χ2v) is 7.39. The highest BCUT2D eigenvalue weighted by molar-refractivity contribution is 6.31. The Morgan fingerprint density at radius 3 is 2.39 bits per heavy atom. The predicted octanol–water partition coefficient (Wildman–Crippen LogP) is 5.34. The number of rotatable bonds is 4. The quantitative estimate of drug-likeness (QED) is 0.518. The van der Waals surface area contributed by atoms with E-state index in [1.807, 2.05) is 24.3 Å². The third-order valence-corrected chi connectivity index (χ3v) is 5.01. The molecule has 1 aliphatic heterocycles. The van der Waals surface area contributed by atoms with Crippen molar-refractivity contribution in [3.8, 4) is 0 Å². The van der Waals surface area contributed by atoms with Crippen molar-refractivity contribution in [3.05, 3.63) is 81.5 Å². The molecule has 1 heterocycles. The summed E-state index contributed by atoms with van der Waals surface area (Å²) in [6, 6.07) is 14.9. The van der Waals surface area contributed by atoms with Crippen LogP contribution < -0.4 is 4.90 Å². The summed E-state index contributed by atoms with van der Waals surface area (Å²) < 4.78 is 4.94. The molecular weight excluding hydrogens is 374 g/mol. The Morgan fingerprint density at radius 1 is 1.14 bits per heavy atom. The molecule has 0 saturated heterocycles. The second-order valence-electron chi connectivity index (χ2n) is 6.95. The van der Waals surface area contributed by atoms with Crippen LogP contribution in [0.25, 0.3) is 6.08 Å². The lowest BCUT2D eigenvalue weighted by Gasteiger charge is -2.18. The molecular formula is C23H22ClNO3. The summed E-state index contributed by atoms with van der Waals surface area (Å²) in [7, 11) is 1.31. The fourth-order valence-electron chi connectivity index (χ4n) is 3.25. The Morgan fingerprint density at radius 2 is 1.82 bits per heavy atom. The average molecular weight is 396 g/mol. The molecule has 1 aliphatic rings. The fraction of sp³-hybridized carbons (Fsp3) is 0.217. The van der Waals surface area contributed by atoms with Gasteiger partial charge in [0.1, 0.15) is 0 Å². The van der Waals surface area contributed by atoms with Crippen molar-refractivity contribution in [3.63, 3.8) is 0 Å². The molecule has 0 radical (unpaired) electrons. The summed E-state index contributed by atoms with van der Waals surface area (Å²) in [5.74, 6) is -0.408. The maximum atomic E-state index is 13.2. The van der Waals surface area contributed by atoms with Crippen LogP contribution >= 0.6 is 11.6 Å². The fourth-order valence-corrected chi connectivity index (χ4v) is 3.43. The van der Waals surface area contributed by atoms with Gasteiger partial charge in [-0.2, -0.15) is 0 Å². The smallest absolute Gasteiger partial charge is 0.340 e. The van der Waals surface area contributed by atoms with Gasteiger partial charge in [0.05, 0.1) is 23.9 Å². The van der Waals surface area contributed by atoms with Gasteiger partial charge in [0.2, 0.25) is 0 Å². The molecule has 0 fully saturated rings. The lowest BCUT2D eigenvalue weighted by Crippen LogP contribution is -2.24. The summed E-state index contributed by atoms with van der Waals surface area (Å²) in [4.78, 5) is 27.1. The van der Waals surface area contributed by atoms with Crippen molar-refractivity contribution in [1.82, 2.24) is 0 Å². The molecule has 1 amide bonds. The highest BCUT2D eigenvalue weighted by Crippen LogP contribution is 2.36. The van der Waals surface area contributed by atoms with Gasteiger partial charge in [0.25, 0.3) is 5.91 Å². The van der Waals surface area contributed by atoms with E-state index >= 15 is 0 Å². The molecule has 0 saturated carbocycles. The van der Waals surface area contributed by atoms with Crippen LogP contribution in [-0.4, -0.2) is 19.0 Å². The van der Waals surface area contributed by atoms with Gasteiger partial charge in [-0.1, -0.05) is 55.8 Å². The number of hydrogen-bond donors (Lipinski definition) is 0. The average Bonchev–Trinajstić information content (AvgIpc) is 2.91. The van der Waals surface area contributed by atoms with Crippen molar-refractivity contribution >= 4 is 35.2 Å². The van der Waals surface area contributed by atoms with Gasteiger partial charge in [-0.25, -0.2) is 4.79 Å². The first kappa shape index (κ1) is 19.9. The van der Waals surface area contributed by atoms with E-state index in [0.29, 0.717) is 27.9 Å². The molecule has 5 heteroatoms. The standard InChI is InChI=1S/C23H22ClNO3/c1-14(2)17-10-8-16(9-11-17)12-20-21(23(27)28-4)15(3)25(22(20)26)19-7-5-6-18(24)13-19/h5-14H,1-4H3/b20-12-. The Labute approximate surface area is 170 Å². The van der Waals surface area contributed by atoms with E-state index in [1.165, 1.54) is 17.6 Å². The maximum Gasteiger partial charge on any atom is 0.340 e. The Balaban J connectivity index is 2.09. The van der Waals surface area contributed by atoms with E-state index in [-0.39, 0.29) is 11.5 Å². The predicted molar refractivity (Wildman–Crippen MR) is 112 cm³/mol. The minimum atomic E-state index is -0.541. The minimum Gasteiger partial charge on any atom is -0.465 e. The number of amides is 1. The van der Waals surface area contributed by atoms with Gasteiger partial charge in [-0.05, 0) is 48.2 Å². The van der Waals surface area contributed by atoms with Crippen LogP contribution in [0.4, 0.5) is 5.69 Å². The molecule has 0 N–H and O–H groups in total. The number of methoxy groups -OCH3 is 1. The molecule has 4 nitrogen and oxygen atoms in total. The van der Waals surface area contributed by atoms with Crippen LogP contribution in [0.2, 0.25) is 5.02 Å². The topological polar surface area (TPSA) is 46.6 Å². The van der Waals surface area contributed by atoms with Gasteiger partial charge >= 0.3 is 5.97 Å². The van der Waals surface area contributed by atoms with Crippen molar-refractivity contribution in [2.45, 2.75) is 26.7 Å². The van der Waals surface area contributed by atoms with E-state index in [9.17, 15) is 9.59 Å². The number of allylic oxidation sites excluding steroid dienone is 1. The number of halogens is 1. The first-order chi connectivity index (χ1) is 13.3. The highest BCUT2D eigenvalue weighted by Gasteiger charge is 2.37. The molecule has 3 rings (SSSR count). The summed E-state index contributed by atoms with van der Waals surface area (Å²) in [6.45, 7) is 5.98. The molecule has 0 aliphatic carbocycles. The molecule has 28 heavy (non-hydrogen) atoms. The number of hydrogen-bond acceptors (Lipinski definition) is 3. The summed E-state index contributed by atoms with van der Waals surface area (Å²) in [6.07, 6.45) is 1.73. The van der Waals surface area contributed by atoms with Crippen LogP contribution in [0, 0.1) is 0 Å². The van der Waals surface area contributed by atoms with Crippen LogP contribution in [0.3, 0.4) is 0 Å². The molecule has 2 aromatic rings. The number of anilines is 1. The number of carbonyl (C=O) groups is 2. The lowest BCUT2D eigenvalue weighted by molar-refractivity contribution is -0.136. The second kappa shape index (κ2) is 8.03. The lowest BCUT2D eigenvalue weighted by atomic mass is 9.99. The highest BCUT2D eigenvalue weighted by atomic mass is 35.5. The molecule has 0 atom stereocenters. The van der Waals surface area contributed by atoms with E-state index in [0.717, 1.165) is 5.56 Å². The van der Waals surface area contributed by atoms with Gasteiger partial charge in [-0.15, -0.1) is 0 Å². The van der Waals surface area contributed by atoms with Gasteiger partial charge in [0.15, 0.2) is 0 Å². The van der Waals surface area contributed by atoms with Crippen molar-refractivity contribution in [2.24, 2.45) is 0 Å². The summed E-state index contributed by atoms with van der Waals surface area (Å²) in [5, 5.41) is 0.513. The van der Waals surface area contributed by atoms with E-state index in [2.05, 4.69) is 13.8 Å². The summed E-state index contributed by atoms with van der Waals surface area (Å²) >= 11 is 6.09. The number of esters is 1. The van der Waals surface area contributed by atoms with E-state index in [1.54, 1.807) is 37.3 Å². The zero-order valence-electron chi connectivity index (χ0n) is 16.3. The Hall–Kier alpha value is -2.85. The minimum absolute atomic E-state index is 0.264. The molecule has 0 unspecified atom stereocenters. The maximum absolute atomic E-state index is 13.2. The normalized spacial score (nSPS) is 15.7. The molecule has 0 spiro atoms. The number of benzene rings is 2. The third kappa shape index (κ3) is 3.73. The monoisotopic (exact) mass is 395 g/mol. The van der Waals surface area contributed by atoms with Crippen molar-refractivity contribution in [1.29, 1.82) is 0 Å². The molecule has 0 aromatic heterocycles. The first-order valence-electron chi connectivity index (χ1n) is 9.04. The van der Waals surface area contributed by atoms with Crippen LogP contribution in [0.5, 0.6) is 0 Å². The summed E-state index contributed by atoms with van der Waals surface area (Å²) in [5.41, 5.74) is 3.75. The van der Waals surface area contributed by atoms with Crippen molar-refractivity contribution < 1.29 is 14.3 Å². The van der Waals surface area contributed by atoms with Gasteiger partial charge in [0, 0.05) is 10.7 Å². The van der Waals surface area contributed by atoms with Crippen LogP contribution in [0.15, 0.2) is 65.4 Å². The van der Waals surface area contributed by atoms with E-state index in [4.69, 9.17) is 16.3 Å². The third-order valence-electron chi connectivity index (χ3n) is 4.77. The number of nitrogens with zero attached hydrogens (tertiary/aromatic N) is 1. The zero-order valence-corrected chi connectivity index (χ0v) is 17.1. The van der Waals surface area contributed by atoms with Gasteiger partial charge < -0.3 is 4.74 Å². The Kier molecular flexibility index (Phi) is 5.71. The zero-order chi connectivity index (χ0) is 20.4. The van der Waals surface area contributed by atoms with Crippen molar-refractivity contribution in [2.75, 3.05) is 12.0 Å². The number of ether oxygens (including phenoxy) is 1. The molecule has 2 aromatic carbocycles. The Bertz CT molecular complexity index is 987.